The second-order valence-electron chi connectivity index (χ2n) is 11.6. The van der Waals surface area contributed by atoms with E-state index in [1.54, 1.807) is 0 Å². The van der Waals surface area contributed by atoms with Crippen molar-refractivity contribution >= 4 is 83.0 Å². The first-order valence-electron chi connectivity index (χ1n) is 14.9. The summed E-state index contributed by atoms with van der Waals surface area (Å²) in [6, 6.07) is 44.6. The molecule has 10 rings (SSSR count). The Balaban J connectivity index is 1.07. The van der Waals surface area contributed by atoms with E-state index in [9.17, 15) is 0 Å². The van der Waals surface area contributed by atoms with Crippen molar-refractivity contribution in [1.29, 1.82) is 0 Å². The van der Waals surface area contributed by atoms with E-state index in [1.807, 2.05) is 24.4 Å². The van der Waals surface area contributed by atoms with Gasteiger partial charge in [0.05, 0.1) is 17.4 Å². The number of nitrogens with zero attached hydrogens (tertiary/aromatic N) is 1. The predicted molar refractivity (Wildman–Crippen MR) is 182 cm³/mol. The van der Waals surface area contributed by atoms with Gasteiger partial charge in [-0.25, -0.2) is 0 Å². The van der Waals surface area contributed by atoms with Crippen LogP contribution in [0, 0.1) is 0 Å². The van der Waals surface area contributed by atoms with Gasteiger partial charge >= 0.3 is 0 Å². The third kappa shape index (κ3) is 3.36. The van der Waals surface area contributed by atoms with Crippen molar-refractivity contribution in [2.45, 2.75) is 6.04 Å². The van der Waals surface area contributed by atoms with Crippen LogP contribution in [0.4, 0.5) is 11.4 Å². The molecular formula is C40H24N2O2. The van der Waals surface area contributed by atoms with Crippen LogP contribution >= 0.6 is 0 Å². The molecule has 0 aliphatic carbocycles. The topological polar surface area (TPSA) is 50.7 Å². The number of benzene rings is 7. The second kappa shape index (κ2) is 8.82. The predicted octanol–water partition coefficient (Wildman–Crippen LogP) is 11.3. The van der Waals surface area contributed by atoms with Gasteiger partial charge in [-0.3, -0.25) is 4.99 Å². The number of rotatable bonds is 2. The lowest BCUT2D eigenvalue weighted by Crippen LogP contribution is -2.15. The second-order valence-corrected chi connectivity index (χ2v) is 11.6. The highest BCUT2D eigenvalue weighted by Crippen LogP contribution is 2.45. The summed E-state index contributed by atoms with van der Waals surface area (Å²) in [6.07, 6.45) is 2.04. The maximum absolute atomic E-state index is 6.32. The minimum atomic E-state index is -0.0492. The van der Waals surface area contributed by atoms with E-state index in [2.05, 4.69) is 115 Å². The Morgan fingerprint density at radius 1 is 0.455 bits per heavy atom. The molecule has 0 spiro atoms. The van der Waals surface area contributed by atoms with E-state index in [4.69, 9.17) is 13.8 Å². The molecule has 0 saturated carbocycles. The van der Waals surface area contributed by atoms with Crippen molar-refractivity contribution in [1.82, 2.24) is 0 Å². The molecule has 44 heavy (non-hydrogen) atoms. The first kappa shape index (κ1) is 23.7. The quantitative estimate of drug-likeness (QED) is 0.213. The SMILES string of the molecule is C1=Nc2c(c3ccccc3c3ccccc23)NC1c1cccc(-c2ccc3oc4cc5c(cc4c3c2)oc2ccccc25)c1. The molecule has 0 saturated heterocycles. The van der Waals surface area contributed by atoms with Gasteiger partial charge in [-0.2, -0.15) is 0 Å². The van der Waals surface area contributed by atoms with Crippen molar-refractivity contribution < 1.29 is 8.83 Å². The first-order chi connectivity index (χ1) is 21.8. The molecule has 0 amide bonds. The molecule has 1 atom stereocenters. The van der Waals surface area contributed by atoms with E-state index < -0.39 is 0 Å². The van der Waals surface area contributed by atoms with Crippen molar-refractivity contribution in [3.8, 4) is 11.1 Å². The van der Waals surface area contributed by atoms with Crippen LogP contribution in [0.15, 0.2) is 141 Å². The van der Waals surface area contributed by atoms with E-state index >= 15 is 0 Å². The minimum Gasteiger partial charge on any atom is -0.456 e. The van der Waals surface area contributed by atoms with Crippen LogP contribution in [0.1, 0.15) is 11.6 Å². The number of nitrogens with one attached hydrogen (secondary N) is 1. The molecule has 1 aliphatic heterocycles. The maximum atomic E-state index is 6.32. The van der Waals surface area contributed by atoms with Crippen LogP contribution in [0.5, 0.6) is 0 Å². The fourth-order valence-electron chi connectivity index (χ4n) is 7.00. The molecule has 1 N–H and O–H groups in total. The number of aliphatic imine (C=N–C) groups is 1. The lowest BCUT2D eigenvalue weighted by molar-refractivity contribution is 0.664. The lowest BCUT2D eigenvalue weighted by Gasteiger charge is -2.25. The molecule has 7 aromatic carbocycles. The molecule has 4 heteroatoms. The first-order valence-corrected chi connectivity index (χ1v) is 14.9. The van der Waals surface area contributed by atoms with E-state index in [0.29, 0.717) is 0 Å². The number of fused-ring (bicyclic) bond motifs is 12. The summed E-state index contributed by atoms with van der Waals surface area (Å²) in [6.45, 7) is 0. The molecule has 9 aromatic rings. The summed E-state index contributed by atoms with van der Waals surface area (Å²) in [7, 11) is 0. The molecule has 0 fully saturated rings. The fraction of sp³-hybridized carbons (Fsp3) is 0.0250. The van der Waals surface area contributed by atoms with Crippen LogP contribution in [0.2, 0.25) is 0 Å². The minimum absolute atomic E-state index is 0.0492. The Hall–Kier alpha value is -5.87. The number of hydrogen-bond donors (Lipinski definition) is 1. The summed E-state index contributed by atoms with van der Waals surface area (Å²) < 4.78 is 12.5. The standard InChI is InChI=1S/C40H24N2O2/c1-3-13-29-26(10-1)27-11-2-4-14-30(27)40-39(29)41-22-34(42-40)25-9-7-8-23(18-25)24-16-17-36-31(19-24)33-21-37-32(20-38(33)44-36)28-12-5-6-15-35(28)43-37/h1-22,34,42H. The molecule has 1 aliphatic rings. The van der Waals surface area contributed by atoms with Crippen LogP contribution < -0.4 is 5.32 Å². The average molecular weight is 565 g/mol. The van der Waals surface area contributed by atoms with Crippen molar-refractivity contribution in [2.75, 3.05) is 5.32 Å². The van der Waals surface area contributed by atoms with Gasteiger partial charge in [0.1, 0.15) is 22.3 Å². The zero-order valence-electron chi connectivity index (χ0n) is 23.5. The Bertz CT molecular complexity index is 2660. The third-order valence-corrected chi connectivity index (χ3v) is 9.11. The van der Waals surface area contributed by atoms with Gasteiger partial charge in [0.2, 0.25) is 0 Å². The van der Waals surface area contributed by atoms with Crippen molar-refractivity contribution in [3.63, 3.8) is 0 Å². The summed E-state index contributed by atoms with van der Waals surface area (Å²) in [5.41, 5.74) is 9.03. The van der Waals surface area contributed by atoms with Crippen LogP contribution in [-0.2, 0) is 0 Å². The Kier molecular flexibility index (Phi) is 4.74. The van der Waals surface area contributed by atoms with Gasteiger partial charge in [0.25, 0.3) is 0 Å². The molecule has 0 radical (unpaired) electrons. The highest BCUT2D eigenvalue weighted by atomic mass is 16.3. The van der Waals surface area contributed by atoms with Gasteiger partial charge in [0.15, 0.2) is 0 Å². The van der Waals surface area contributed by atoms with Crippen molar-refractivity contribution in [3.05, 3.63) is 133 Å². The summed E-state index contributed by atoms with van der Waals surface area (Å²) in [5.74, 6) is 0. The van der Waals surface area contributed by atoms with Gasteiger partial charge in [-0.05, 0) is 63.9 Å². The Morgan fingerprint density at radius 2 is 1.07 bits per heavy atom. The summed E-state index contributed by atoms with van der Waals surface area (Å²) >= 11 is 0. The molecular weight excluding hydrogens is 540 g/mol. The molecule has 1 unspecified atom stereocenters. The molecule has 0 bridgehead atoms. The highest BCUT2D eigenvalue weighted by Gasteiger charge is 2.22. The summed E-state index contributed by atoms with van der Waals surface area (Å²) in [4.78, 5) is 5.03. The van der Waals surface area contributed by atoms with Crippen LogP contribution in [-0.4, -0.2) is 6.21 Å². The van der Waals surface area contributed by atoms with E-state index in [1.165, 1.54) is 16.2 Å². The molecule has 206 valence electrons. The lowest BCUT2D eigenvalue weighted by atomic mass is 9.95. The van der Waals surface area contributed by atoms with Gasteiger partial charge in [0, 0.05) is 38.5 Å². The largest absolute Gasteiger partial charge is 0.456 e. The summed E-state index contributed by atoms with van der Waals surface area (Å²) in [5, 5.41) is 13.0. The molecule has 4 nitrogen and oxygen atoms in total. The van der Waals surface area contributed by atoms with Gasteiger partial charge in [-0.1, -0.05) is 91.0 Å². The van der Waals surface area contributed by atoms with Crippen LogP contribution in [0.25, 0.3) is 76.5 Å². The molecule has 2 aromatic heterocycles. The zero-order valence-corrected chi connectivity index (χ0v) is 23.5. The smallest absolute Gasteiger partial charge is 0.136 e. The highest BCUT2D eigenvalue weighted by molar-refractivity contribution is 6.21. The fourth-order valence-corrected chi connectivity index (χ4v) is 7.00. The maximum Gasteiger partial charge on any atom is 0.136 e. The van der Waals surface area contributed by atoms with Gasteiger partial charge in [-0.15, -0.1) is 0 Å². The van der Waals surface area contributed by atoms with E-state index in [-0.39, 0.29) is 6.04 Å². The Labute approximate surface area is 251 Å². The van der Waals surface area contributed by atoms with Crippen molar-refractivity contribution in [2.24, 2.45) is 4.99 Å². The monoisotopic (exact) mass is 564 g/mol. The normalized spacial score (nSPS) is 14.7. The Morgan fingerprint density at radius 3 is 1.89 bits per heavy atom. The third-order valence-electron chi connectivity index (χ3n) is 9.11. The van der Waals surface area contributed by atoms with Gasteiger partial charge < -0.3 is 14.2 Å². The number of furan rings is 2. The average Bonchev–Trinajstić information content (AvgIpc) is 3.64. The molecule has 3 heterocycles. The van der Waals surface area contributed by atoms with Crippen LogP contribution in [0.3, 0.4) is 0 Å². The number of anilines is 1. The zero-order chi connectivity index (χ0) is 28.8. The number of hydrogen-bond acceptors (Lipinski definition) is 4. The number of para-hydroxylation sites is 1. The van der Waals surface area contributed by atoms with E-state index in [0.717, 1.165) is 77.3 Å².